The fourth-order valence-corrected chi connectivity index (χ4v) is 1.47. The highest BCUT2D eigenvalue weighted by Gasteiger charge is 2.38. The van der Waals surface area contributed by atoms with Crippen LogP contribution in [-0.4, -0.2) is 57.8 Å². The Balaban J connectivity index is 2.53. The molecular formula is C7H13NO6. The molecule has 3 N–H and O–H groups in total. The van der Waals surface area contributed by atoms with Gasteiger partial charge in [0.05, 0.1) is 12.7 Å². The van der Waals surface area contributed by atoms with Crippen LogP contribution in [0.15, 0.2) is 0 Å². The zero-order valence-electron chi connectivity index (χ0n) is 7.44. The molecule has 82 valence electrons. The van der Waals surface area contributed by atoms with E-state index in [2.05, 4.69) is 0 Å². The van der Waals surface area contributed by atoms with Crippen LogP contribution in [0, 0.1) is 10.1 Å². The third-order valence-electron chi connectivity index (χ3n) is 2.18. The molecule has 1 aliphatic rings. The van der Waals surface area contributed by atoms with Crippen molar-refractivity contribution >= 4 is 0 Å². The molecule has 1 saturated heterocycles. The Labute approximate surface area is 80.1 Å². The second-order valence-corrected chi connectivity index (χ2v) is 3.29. The van der Waals surface area contributed by atoms with Crippen molar-refractivity contribution in [2.45, 2.75) is 30.8 Å². The molecule has 4 atom stereocenters. The third kappa shape index (κ3) is 2.61. The van der Waals surface area contributed by atoms with Gasteiger partial charge >= 0.3 is 0 Å². The first kappa shape index (κ1) is 11.3. The maximum atomic E-state index is 10.2. The molecule has 1 heterocycles. The van der Waals surface area contributed by atoms with Gasteiger partial charge in [0.1, 0.15) is 18.3 Å². The molecule has 14 heavy (non-hydrogen) atoms. The van der Waals surface area contributed by atoms with E-state index in [1.165, 1.54) is 0 Å². The molecule has 0 spiro atoms. The van der Waals surface area contributed by atoms with E-state index in [4.69, 9.17) is 9.84 Å². The predicted octanol–water partition coefficient (Wildman–Crippen LogP) is -1.87. The fourth-order valence-electron chi connectivity index (χ4n) is 1.47. The van der Waals surface area contributed by atoms with Crippen molar-refractivity contribution in [3.05, 3.63) is 10.1 Å². The number of hydrogen-bond acceptors (Lipinski definition) is 6. The number of aliphatic hydroxyl groups excluding tert-OH is 3. The molecule has 0 aliphatic carbocycles. The molecule has 4 unspecified atom stereocenters. The summed E-state index contributed by atoms with van der Waals surface area (Å²) in [6.07, 6.45) is -3.93. The maximum absolute atomic E-state index is 10.2. The summed E-state index contributed by atoms with van der Waals surface area (Å²) >= 11 is 0. The molecule has 0 aromatic rings. The van der Waals surface area contributed by atoms with Crippen molar-refractivity contribution in [2.75, 3.05) is 13.2 Å². The molecule has 1 rings (SSSR count). The van der Waals surface area contributed by atoms with Gasteiger partial charge in [0.25, 0.3) is 0 Å². The summed E-state index contributed by atoms with van der Waals surface area (Å²) in [6, 6.07) is 0. The topological polar surface area (TPSA) is 113 Å². The molecule has 1 fully saturated rings. The fraction of sp³-hybridized carbons (Fsp3) is 1.00. The zero-order chi connectivity index (χ0) is 10.7. The number of nitro groups is 1. The van der Waals surface area contributed by atoms with Crippen molar-refractivity contribution in [3.8, 4) is 0 Å². The molecule has 7 heteroatoms. The average molecular weight is 207 g/mol. The average Bonchev–Trinajstić information content (AvgIpc) is 2.10. The highest BCUT2D eigenvalue weighted by atomic mass is 16.6. The van der Waals surface area contributed by atoms with E-state index >= 15 is 0 Å². The lowest BCUT2D eigenvalue weighted by Crippen LogP contribution is -2.51. The number of nitrogens with zero attached hydrogens (tertiary/aromatic N) is 1. The zero-order valence-corrected chi connectivity index (χ0v) is 7.44. The Hall–Kier alpha value is -0.760. The van der Waals surface area contributed by atoms with Gasteiger partial charge in [-0.15, -0.1) is 0 Å². The monoisotopic (exact) mass is 207 g/mol. The number of ether oxygens (including phenoxy) is 1. The van der Waals surface area contributed by atoms with Crippen molar-refractivity contribution in [1.29, 1.82) is 0 Å². The van der Waals surface area contributed by atoms with E-state index in [-0.39, 0.29) is 6.42 Å². The maximum Gasteiger partial charge on any atom is 0.229 e. The van der Waals surface area contributed by atoms with Gasteiger partial charge < -0.3 is 20.1 Å². The highest BCUT2D eigenvalue weighted by molar-refractivity contribution is 4.84. The van der Waals surface area contributed by atoms with E-state index in [0.29, 0.717) is 0 Å². The quantitative estimate of drug-likeness (QED) is 0.369. The second kappa shape index (κ2) is 4.65. The Morgan fingerprint density at radius 2 is 2.14 bits per heavy atom. The normalized spacial score (nSPS) is 38.2. The van der Waals surface area contributed by atoms with E-state index in [0.717, 1.165) is 0 Å². The van der Waals surface area contributed by atoms with Crippen LogP contribution >= 0.6 is 0 Å². The molecule has 0 bridgehead atoms. The van der Waals surface area contributed by atoms with Crippen LogP contribution < -0.4 is 0 Å². The summed E-state index contributed by atoms with van der Waals surface area (Å²) in [4.78, 5) is 9.62. The Kier molecular flexibility index (Phi) is 3.76. The lowest BCUT2D eigenvalue weighted by atomic mass is 9.98. The number of aliphatic hydroxyl groups is 3. The van der Waals surface area contributed by atoms with Crippen LogP contribution in [-0.2, 0) is 4.74 Å². The Morgan fingerprint density at radius 3 is 2.64 bits per heavy atom. The second-order valence-electron chi connectivity index (χ2n) is 3.29. The van der Waals surface area contributed by atoms with E-state index in [9.17, 15) is 20.3 Å². The minimum Gasteiger partial charge on any atom is -0.394 e. The number of hydrogen-bond donors (Lipinski definition) is 3. The van der Waals surface area contributed by atoms with E-state index in [1.54, 1.807) is 0 Å². The summed E-state index contributed by atoms with van der Waals surface area (Å²) in [5.74, 6) is 0. The largest absolute Gasteiger partial charge is 0.394 e. The number of rotatable bonds is 3. The minimum absolute atomic E-state index is 0.0125. The molecule has 0 radical (unpaired) electrons. The predicted molar refractivity (Wildman–Crippen MR) is 44.2 cm³/mol. The van der Waals surface area contributed by atoms with Crippen molar-refractivity contribution in [2.24, 2.45) is 0 Å². The standard InChI is InChI=1S/C7H13NO6/c9-3-6-7(11)5(10)1-4(14-6)2-8(12)13/h4-7,9-11H,1-3H2. The van der Waals surface area contributed by atoms with Crippen molar-refractivity contribution in [1.82, 2.24) is 0 Å². The highest BCUT2D eigenvalue weighted by Crippen LogP contribution is 2.20. The van der Waals surface area contributed by atoms with Gasteiger partial charge in [0, 0.05) is 11.3 Å². The third-order valence-corrected chi connectivity index (χ3v) is 2.18. The van der Waals surface area contributed by atoms with E-state index in [1.807, 2.05) is 0 Å². The first-order valence-corrected chi connectivity index (χ1v) is 4.29. The lowest BCUT2D eigenvalue weighted by Gasteiger charge is -2.34. The van der Waals surface area contributed by atoms with Crippen molar-refractivity contribution in [3.63, 3.8) is 0 Å². The van der Waals surface area contributed by atoms with Gasteiger partial charge in [-0.3, -0.25) is 10.1 Å². The minimum atomic E-state index is -1.18. The van der Waals surface area contributed by atoms with Gasteiger partial charge in [-0.1, -0.05) is 0 Å². The SMILES string of the molecule is O=[N+]([O-])CC1CC(O)C(O)C(CO)O1. The van der Waals surface area contributed by atoms with Crippen LogP contribution in [0.4, 0.5) is 0 Å². The summed E-state index contributed by atoms with van der Waals surface area (Å²) in [6.45, 7) is -0.896. The summed E-state index contributed by atoms with van der Waals surface area (Å²) < 4.78 is 5.03. The molecule has 0 amide bonds. The Morgan fingerprint density at radius 1 is 1.50 bits per heavy atom. The van der Waals surface area contributed by atoms with Crippen LogP contribution in [0.25, 0.3) is 0 Å². The molecule has 0 aromatic heterocycles. The molecular weight excluding hydrogens is 194 g/mol. The van der Waals surface area contributed by atoms with Crippen LogP contribution in [0.5, 0.6) is 0 Å². The summed E-state index contributed by atoms with van der Waals surface area (Å²) in [5, 5.41) is 37.5. The van der Waals surface area contributed by atoms with Crippen LogP contribution in [0.1, 0.15) is 6.42 Å². The first-order chi connectivity index (χ1) is 6.54. The first-order valence-electron chi connectivity index (χ1n) is 4.29. The van der Waals surface area contributed by atoms with Gasteiger partial charge in [-0.2, -0.15) is 0 Å². The lowest BCUT2D eigenvalue weighted by molar-refractivity contribution is -0.495. The van der Waals surface area contributed by atoms with Crippen LogP contribution in [0.2, 0.25) is 0 Å². The molecule has 0 aromatic carbocycles. The van der Waals surface area contributed by atoms with Gasteiger partial charge in [0.2, 0.25) is 6.54 Å². The smallest absolute Gasteiger partial charge is 0.229 e. The van der Waals surface area contributed by atoms with Crippen LogP contribution in [0.3, 0.4) is 0 Å². The van der Waals surface area contributed by atoms with Gasteiger partial charge in [0.15, 0.2) is 0 Å². The molecule has 7 nitrogen and oxygen atoms in total. The molecule has 0 saturated carbocycles. The summed E-state index contributed by atoms with van der Waals surface area (Å²) in [7, 11) is 0. The van der Waals surface area contributed by atoms with Crippen molar-refractivity contribution < 1.29 is 25.0 Å². The summed E-state index contributed by atoms with van der Waals surface area (Å²) in [5.41, 5.74) is 0. The van der Waals surface area contributed by atoms with Gasteiger partial charge in [-0.05, 0) is 0 Å². The Bertz CT molecular complexity index is 210. The molecule has 1 aliphatic heterocycles. The van der Waals surface area contributed by atoms with E-state index < -0.39 is 42.5 Å². The van der Waals surface area contributed by atoms with Gasteiger partial charge in [-0.25, -0.2) is 0 Å².